The summed E-state index contributed by atoms with van der Waals surface area (Å²) >= 11 is 11.3. The minimum absolute atomic E-state index is 0.257. The van der Waals surface area contributed by atoms with Crippen LogP contribution in [0.1, 0.15) is 22.8 Å². The van der Waals surface area contributed by atoms with Crippen LogP contribution in [0.25, 0.3) is 0 Å². The molecule has 0 aromatic heterocycles. The fourth-order valence-corrected chi connectivity index (χ4v) is 2.41. The number of thiocarbonyl (C=S) groups is 1. The molecular weight excluding hydrogens is 351 g/mol. The zero-order valence-electron chi connectivity index (χ0n) is 12.9. The summed E-state index contributed by atoms with van der Waals surface area (Å²) in [5.74, 6) is -0.774. The minimum Gasteiger partial charge on any atom is -0.462 e. The van der Waals surface area contributed by atoms with E-state index in [9.17, 15) is 9.18 Å². The van der Waals surface area contributed by atoms with Gasteiger partial charge in [0.1, 0.15) is 5.82 Å². The van der Waals surface area contributed by atoms with E-state index in [2.05, 4.69) is 10.6 Å². The molecule has 126 valence electrons. The molecule has 4 nitrogen and oxygen atoms in total. The highest BCUT2D eigenvalue weighted by Crippen LogP contribution is 2.22. The molecule has 0 amide bonds. The number of nitrogens with one attached hydrogen (secondary N) is 2. The van der Waals surface area contributed by atoms with Crippen molar-refractivity contribution in [2.24, 2.45) is 0 Å². The van der Waals surface area contributed by atoms with Crippen molar-refractivity contribution in [2.45, 2.75) is 13.5 Å². The van der Waals surface area contributed by atoms with E-state index in [0.29, 0.717) is 16.4 Å². The van der Waals surface area contributed by atoms with Crippen molar-refractivity contribution in [1.82, 2.24) is 5.32 Å². The summed E-state index contributed by atoms with van der Waals surface area (Å²) in [6.07, 6.45) is 0. The van der Waals surface area contributed by atoms with Crippen molar-refractivity contribution >= 4 is 40.6 Å². The van der Waals surface area contributed by atoms with E-state index in [0.717, 1.165) is 0 Å². The van der Waals surface area contributed by atoms with Crippen LogP contribution >= 0.6 is 23.8 Å². The highest BCUT2D eigenvalue weighted by Gasteiger charge is 2.12. The number of carbonyl (C=O) groups is 1. The van der Waals surface area contributed by atoms with Gasteiger partial charge in [0.15, 0.2) is 5.11 Å². The van der Waals surface area contributed by atoms with Crippen LogP contribution in [0.5, 0.6) is 0 Å². The first-order valence-corrected chi connectivity index (χ1v) is 8.04. The molecule has 2 N–H and O–H groups in total. The van der Waals surface area contributed by atoms with E-state index in [1.807, 2.05) is 0 Å². The van der Waals surface area contributed by atoms with Crippen LogP contribution in [0.2, 0.25) is 5.02 Å². The van der Waals surface area contributed by atoms with Crippen molar-refractivity contribution in [3.05, 3.63) is 64.4 Å². The highest BCUT2D eigenvalue weighted by atomic mass is 35.5. The Kier molecular flexibility index (Phi) is 6.52. The van der Waals surface area contributed by atoms with E-state index in [1.54, 1.807) is 43.3 Å². The first kappa shape index (κ1) is 18.2. The maximum atomic E-state index is 13.5. The molecule has 0 heterocycles. The van der Waals surface area contributed by atoms with Gasteiger partial charge in [-0.25, -0.2) is 9.18 Å². The monoisotopic (exact) mass is 366 g/mol. The molecule has 0 radical (unpaired) electrons. The summed E-state index contributed by atoms with van der Waals surface area (Å²) in [5.41, 5.74) is 1.41. The number of carbonyl (C=O) groups excluding carboxylic acids is 1. The molecule has 0 fully saturated rings. The fourth-order valence-electron chi connectivity index (χ4n) is 1.96. The first-order valence-electron chi connectivity index (χ1n) is 7.26. The Bertz CT molecular complexity index is 755. The van der Waals surface area contributed by atoms with Crippen molar-refractivity contribution in [1.29, 1.82) is 0 Å². The standard InChI is InChI=1S/C17H16ClFN2O2S/c1-2-23-16(22)13-8-7-12(9-14(13)18)21-17(24)20-10-11-5-3-4-6-15(11)19/h3-9H,2,10H2,1H3,(H2,20,21,24). The van der Waals surface area contributed by atoms with Crippen LogP contribution in [0.15, 0.2) is 42.5 Å². The van der Waals surface area contributed by atoms with E-state index < -0.39 is 5.97 Å². The maximum Gasteiger partial charge on any atom is 0.339 e. The molecule has 24 heavy (non-hydrogen) atoms. The second kappa shape index (κ2) is 8.61. The van der Waals surface area contributed by atoms with Gasteiger partial charge in [-0.05, 0) is 43.4 Å². The number of ether oxygens (including phenoxy) is 1. The third-order valence-corrected chi connectivity index (χ3v) is 3.68. The van der Waals surface area contributed by atoms with E-state index >= 15 is 0 Å². The van der Waals surface area contributed by atoms with E-state index in [1.165, 1.54) is 6.07 Å². The number of esters is 1. The average molecular weight is 367 g/mol. The van der Waals surface area contributed by atoms with E-state index in [4.69, 9.17) is 28.6 Å². The molecule has 0 saturated carbocycles. The molecule has 0 aliphatic heterocycles. The molecule has 0 bridgehead atoms. The van der Waals surface area contributed by atoms with Crippen molar-refractivity contribution in [3.63, 3.8) is 0 Å². The lowest BCUT2D eigenvalue weighted by Crippen LogP contribution is -2.28. The van der Waals surface area contributed by atoms with Crippen LogP contribution in [-0.2, 0) is 11.3 Å². The second-order valence-electron chi connectivity index (χ2n) is 4.81. The smallest absolute Gasteiger partial charge is 0.339 e. The maximum absolute atomic E-state index is 13.5. The first-order chi connectivity index (χ1) is 11.5. The summed E-state index contributed by atoms with van der Waals surface area (Å²) in [6, 6.07) is 11.2. The highest BCUT2D eigenvalue weighted by molar-refractivity contribution is 7.80. The van der Waals surface area contributed by atoms with Gasteiger partial charge in [0.2, 0.25) is 0 Å². The Morgan fingerprint density at radius 3 is 2.71 bits per heavy atom. The summed E-state index contributed by atoms with van der Waals surface area (Å²) in [5, 5.41) is 6.42. The minimum atomic E-state index is -0.477. The summed E-state index contributed by atoms with van der Waals surface area (Å²) in [7, 11) is 0. The lowest BCUT2D eigenvalue weighted by molar-refractivity contribution is 0.0526. The number of hydrogen-bond acceptors (Lipinski definition) is 3. The second-order valence-corrected chi connectivity index (χ2v) is 5.63. The van der Waals surface area contributed by atoms with Gasteiger partial charge in [-0.3, -0.25) is 0 Å². The average Bonchev–Trinajstić information content (AvgIpc) is 2.54. The fraction of sp³-hybridized carbons (Fsp3) is 0.176. The number of benzene rings is 2. The quantitative estimate of drug-likeness (QED) is 0.615. The summed E-state index contributed by atoms with van der Waals surface area (Å²) in [6.45, 7) is 2.26. The van der Waals surface area contributed by atoms with Gasteiger partial charge in [-0.2, -0.15) is 0 Å². The molecule has 0 atom stereocenters. The molecule has 2 rings (SSSR count). The van der Waals surface area contributed by atoms with Gasteiger partial charge < -0.3 is 15.4 Å². The Morgan fingerprint density at radius 1 is 1.29 bits per heavy atom. The summed E-state index contributed by atoms with van der Waals surface area (Å²) in [4.78, 5) is 11.7. The SMILES string of the molecule is CCOC(=O)c1ccc(NC(=S)NCc2ccccc2F)cc1Cl. The Balaban J connectivity index is 1.96. The van der Waals surface area contributed by atoms with Gasteiger partial charge >= 0.3 is 5.97 Å². The van der Waals surface area contributed by atoms with Crippen LogP contribution in [0.3, 0.4) is 0 Å². The molecular formula is C17H16ClFN2O2S. The van der Waals surface area contributed by atoms with Crippen LogP contribution in [0, 0.1) is 5.82 Å². The van der Waals surface area contributed by atoms with Crippen LogP contribution < -0.4 is 10.6 Å². The molecule has 0 unspecified atom stereocenters. The Hall–Kier alpha value is -2.18. The zero-order valence-corrected chi connectivity index (χ0v) is 14.5. The number of hydrogen-bond donors (Lipinski definition) is 2. The third kappa shape index (κ3) is 4.91. The van der Waals surface area contributed by atoms with Crippen molar-refractivity contribution in [3.8, 4) is 0 Å². The summed E-state index contributed by atoms with van der Waals surface area (Å²) < 4.78 is 18.4. The number of halogens is 2. The molecule has 0 spiro atoms. The van der Waals surface area contributed by atoms with Crippen molar-refractivity contribution in [2.75, 3.05) is 11.9 Å². The van der Waals surface area contributed by atoms with Gasteiger partial charge in [-0.1, -0.05) is 29.8 Å². The lowest BCUT2D eigenvalue weighted by atomic mass is 10.2. The van der Waals surface area contributed by atoms with E-state index in [-0.39, 0.29) is 29.6 Å². The molecule has 2 aromatic carbocycles. The zero-order chi connectivity index (χ0) is 17.5. The van der Waals surface area contributed by atoms with Gasteiger partial charge in [0.05, 0.1) is 17.2 Å². The molecule has 0 saturated heterocycles. The molecule has 2 aromatic rings. The Morgan fingerprint density at radius 2 is 2.04 bits per heavy atom. The Labute approximate surface area is 150 Å². The molecule has 0 aliphatic rings. The topological polar surface area (TPSA) is 50.4 Å². The third-order valence-electron chi connectivity index (χ3n) is 3.12. The van der Waals surface area contributed by atoms with Gasteiger partial charge in [0.25, 0.3) is 0 Å². The molecule has 0 aliphatic carbocycles. The largest absolute Gasteiger partial charge is 0.462 e. The molecule has 7 heteroatoms. The van der Waals surface area contributed by atoms with Crippen LogP contribution in [0.4, 0.5) is 10.1 Å². The number of rotatable bonds is 5. The normalized spacial score (nSPS) is 10.1. The number of anilines is 1. The predicted molar refractivity (Wildman–Crippen MR) is 96.9 cm³/mol. The van der Waals surface area contributed by atoms with Gasteiger partial charge in [0, 0.05) is 17.8 Å². The van der Waals surface area contributed by atoms with Crippen LogP contribution in [-0.4, -0.2) is 17.7 Å². The van der Waals surface area contributed by atoms with Gasteiger partial charge in [-0.15, -0.1) is 0 Å². The lowest BCUT2D eigenvalue weighted by Gasteiger charge is -2.12. The van der Waals surface area contributed by atoms with Crippen molar-refractivity contribution < 1.29 is 13.9 Å². The predicted octanol–water partition coefficient (Wildman–Crippen LogP) is 4.14.